The highest BCUT2D eigenvalue weighted by Crippen LogP contribution is 2.13. The van der Waals surface area contributed by atoms with Gasteiger partial charge in [-0.3, -0.25) is 9.78 Å². The molecule has 0 aromatic carbocycles. The molecule has 0 fully saturated rings. The van der Waals surface area contributed by atoms with Gasteiger partial charge in [-0.25, -0.2) is 0 Å². The number of carbonyl (C=O) groups is 1. The first kappa shape index (κ1) is 12.4. The highest BCUT2D eigenvalue weighted by molar-refractivity contribution is 5.66. The molecule has 0 saturated heterocycles. The molecule has 1 aromatic heterocycles. The Labute approximate surface area is 95.8 Å². The van der Waals surface area contributed by atoms with E-state index in [0.717, 1.165) is 24.8 Å². The van der Waals surface area contributed by atoms with E-state index in [1.807, 2.05) is 25.3 Å². The zero-order valence-electron chi connectivity index (χ0n) is 9.52. The fourth-order valence-electron chi connectivity index (χ4n) is 1.45. The topological polar surface area (TPSA) is 50.2 Å². The second-order valence-electron chi connectivity index (χ2n) is 3.77. The first-order chi connectivity index (χ1) is 7.70. The molecule has 0 saturated carbocycles. The van der Waals surface area contributed by atoms with Gasteiger partial charge in [-0.05, 0) is 43.4 Å². The van der Waals surface area contributed by atoms with E-state index in [9.17, 15) is 4.79 Å². The van der Waals surface area contributed by atoms with Crippen LogP contribution in [0.25, 0.3) is 5.57 Å². The molecule has 1 heterocycles. The number of nitrogens with zero attached hydrogens (tertiary/aromatic N) is 1. The molecule has 0 amide bonds. The predicted molar refractivity (Wildman–Crippen MR) is 64.0 cm³/mol. The number of allylic oxidation sites excluding steroid dienone is 2. The van der Waals surface area contributed by atoms with Gasteiger partial charge in [-0.1, -0.05) is 12.1 Å². The average Bonchev–Trinajstić information content (AvgIpc) is 2.29. The van der Waals surface area contributed by atoms with Gasteiger partial charge < -0.3 is 5.11 Å². The maximum atomic E-state index is 10.3. The van der Waals surface area contributed by atoms with Crippen molar-refractivity contribution in [3.63, 3.8) is 0 Å². The third kappa shape index (κ3) is 4.73. The summed E-state index contributed by atoms with van der Waals surface area (Å²) in [6, 6.07) is 3.94. The molecule has 3 nitrogen and oxygen atoms in total. The highest BCUT2D eigenvalue weighted by Gasteiger charge is 1.96. The van der Waals surface area contributed by atoms with E-state index in [4.69, 9.17) is 5.11 Å². The van der Waals surface area contributed by atoms with E-state index in [0.29, 0.717) is 0 Å². The van der Waals surface area contributed by atoms with Gasteiger partial charge >= 0.3 is 5.97 Å². The highest BCUT2D eigenvalue weighted by atomic mass is 16.4. The molecule has 0 aliphatic heterocycles. The van der Waals surface area contributed by atoms with Gasteiger partial charge in [0.25, 0.3) is 0 Å². The third-order valence-corrected chi connectivity index (χ3v) is 2.41. The van der Waals surface area contributed by atoms with Crippen molar-refractivity contribution >= 4 is 11.5 Å². The van der Waals surface area contributed by atoms with Gasteiger partial charge in [0.2, 0.25) is 0 Å². The minimum Gasteiger partial charge on any atom is -0.481 e. The summed E-state index contributed by atoms with van der Waals surface area (Å²) in [6.45, 7) is 2.05. The molecule has 0 aliphatic rings. The minimum absolute atomic E-state index is 0.264. The van der Waals surface area contributed by atoms with Crippen LogP contribution in [0.4, 0.5) is 0 Å². The van der Waals surface area contributed by atoms with E-state index >= 15 is 0 Å². The van der Waals surface area contributed by atoms with Gasteiger partial charge in [0.05, 0.1) is 0 Å². The number of aromatic nitrogens is 1. The molecule has 1 rings (SSSR count). The maximum Gasteiger partial charge on any atom is 0.303 e. The Hall–Kier alpha value is -1.64. The SMILES string of the molecule is C/C(=C\CCCCC(=O)O)c1cccnc1. The van der Waals surface area contributed by atoms with Crippen LogP contribution < -0.4 is 0 Å². The molecule has 3 heteroatoms. The number of rotatable bonds is 6. The summed E-state index contributed by atoms with van der Waals surface area (Å²) in [5.41, 5.74) is 2.32. The van der Waals surface area contributed by atoms with Crippen LogP contribution in [0, 0.1) is 0 Å². The molecule has 0 atom stereocenters. The van der Waals surface area contributed by atoms with Crippen LogP contribution in [-0.2, 0) is 4.79 Å². The number of pyridine rings is 1. The monoisotopic (exact) mass is 219 g/mol. The summed E-state index contributed by atoms with van der Waals surface area (Å²) in [4.78, 5) is 14.3. The van der Waals surface area contributed by atoms with Crippen LogP contribution in [-0.4, -0.2) is 16.1 Å². The van der Waals surface area contributed by atoms with Crippen molar-refractivity contribution in [2.75, 3.05) is 0 Å². The standard InChI is InChI=1S/C13H17NO2/c1-11(12-7-5-9-14-10-12)6-3-2-4-8-13(15)16/h5-7,9-10H,2-4,8H2,1H3,(H,15,16)/b11-6+. The molecule has 1 aromatic rings. The summed E-state index contributed by atoms with van der Waals surface area (Å²) < 4.78 is 0. The lowest BCUT2D eigenvalue weighted by atomic mass is 10.1. The van der Waals surface area contributed by atoms with Crippen LogP contribution in [0.15, 0.2) is 30.6 Å². The molecular weight excluding hydrogens is 202 g/mol. The average molecular weight is 219 g/mol. The molecule has 1 N–H and O–H groups in total. The molecule has 0 bridgehead atoms. The fourth-order valence-corrected chi connectivity index (χ4v) is 1.45. The summed E-state index contributed by atoms with van der Waals surface area (Å²) in [5, 5.41) is 8.48. The Morgan fingerprint density at radius 2 is 2.31 bits per heavy atom. The number of unbranched alkanes of at least 4 members (excludes halogenated alkanes) is 2. The number of carboxylic acids is 1. The Morgan fingerprint density at radius 1 is 1.50 bits per heavy atom. The van der Waals surface area contributed by atoms with Crippen molar-refractivity contribution < 1.29 is 9.90 Å². The summed E-state index contributed by atoms with van der Waals surface area (Å²) in [7, 11) is 0. The lowest BCUT2D eigenvalue weighted by Gasteiger charge is -2.00. The van der Waals surface area contributed by atoms with E-state index in [2.05, 4.69) is 11.1 Å². The predicted octanol–water partition coefficient (Wildman–Crippen LogP) is 3.13. The minimum atomic E-state index is -0.715. The lowest BCUT2D eigenvalue weighted by Crippen LogP contribution is -1.93. The molecule has 16 heavy (non-hydrogen) atoms. The van der Waals surface area contributed by atoms with Crippen molar-refractivity contribution in [1.29, 1.82) is 0 Å². The van der Waals surface area contributed by atoms with Crippen LogP contribution in [0.3, 0.4) is 0 Å². The number of hydrogen-bond acceptors (Lipinski definition) is 2. The van der Waals surface area contributed by atoms with Crippen LogP contribution in [0.2, 0.25) is 0 Å². The second-order valence-corrected chi connectivity index (χ2v) is 3.77. The first-order valence-corrected chi connectivity index (χ1v) is 5.49. The van der Waals surface area contributed by atoms with Gasteiger partial charge in [-0.2, -0.15) is 0 Å². The van der Waals surface area contributed by atoms with E-state index in [1.165, 1.54) is 5.57 Å². The second kappa shape index (κ2) is 6.77. The smallest absolute Gasteiger partial charge is 0.303 e. The number of carboxylic acid groups (broad SMARTS) is 1. The molecule has 0 unspecified atom stereocenters. The first-order valence-electron chi connectivity index (χ1n) is 5.49. The van der Waals surface area contributed by atoms with Gasteiger partial charge in [0.15, 0.2) is 0 Å². The quantitative estimate of drug-likeness (QED) is 0.748. The van der Waals surface area contributed by atoms with Crippen LogP contribution in [0.5, 0.6) is 0 Å². The van der Waals surface area contributed by atoms with Gasteiger partial charge in [0, 0.05) is 18.8 Å². The van der Waals surface area contributed by atoms with Crippen molar-refractivity contribution in [3.8, 4) is 0 Å². The Balaban J connectivity index is 2.32. The molecular formula is C13H17NO2. The number of hydrogen-bond donors (Lipinski definition) is 1. The Morgan fingerprint density at radius 3 is 2.94 bits per heavy atom. The molecule has 0 spiro atoms. The van der Waals surface area contributed by atoms with Crippen molar-refractivity contribution in [2.24, 2.45) is 0 Å². The van der Waals surface area contributed by atoms with Crippen molar-refractivity contribution in [1.82, 2.24) is 4.98 Å². The van der Waals surface area contributed by atoms with Gasteiger partial charge in [0.1, 0.15) is 0 Å². The largest absolute Gasteiger partial charge is 0.481 e. The molecule has 0 aliphatic carbocycles. The fraction of sp³-hybridized carbons (Fsp3) is 0.385. The molecule has 86 valence electrons. The summed E-state index contributed by atoms with van der Waals surface area (Å²) in [5.74, 6) is -0.715. The normalized spacial score (nSPS) is 11.4. The van der Waals surface area contributed by atoms with Crippen LogP contribution in [0.1, 0.15) is 38.2 Å². The van der Waals surface area contributed by atoms with Crippen molar-refractivity contribution in [3.05, 3.63) is 36.2 Å². The maximum absolute atomic E-state index is 10.3. The zero-order chi connectivity index (χ0) is 11.8. The zero-order valence-corrected chi connectivity index (χ0v) is 9.52. The van der Waals surface area contributed by atoms with Crippen molar-refractivity contribution in [2.45, 2.75) is 32.6 Å². The third-order valence-electron chi connectivity index (χ3n) is 2.41. The van der Waals surface area contributed by atoms with Gasteiger partial charge in [-0.15, -0.1) is 0 Å². The summed E-state index contributed by atoms with van der Waals surface area (Å²) in [6.07, 6.45) is 8.58. The van der Waals surface area contributed by atoms with E-state index in [1.54, 1.807) is 6.20 Å². The Bertz CT molecular complexity index is 357. The van der Waals surface area contributed by atoms with Crippen LogP contribution >= 0.6 is 0 Å². The van der Waals surface area contributed by atoms with E-state index < -0.39 is 5.97 Å². The number of aliphatic carboxylic acids is 1. The molecule has 0 radical (unpaired) electrons. The van der Waals surface area contributed by atoms with E-state index in [-0.39, 0.29) is 6.42 Å². The Kier molecular flexibility index (Phi) is 5.26. The lowest BCUT2D eigenvalue weighted by molar-refractivity contribution is -0.137. The summed E-state index contributed by atoms with van der Waals surface area (Å²) >= 11 is 0.